The monoisotopic (exact) mass is 190 g/mol. The molecule has 0 fully saturated rings. The number of amides is 2. The van der Waals surface area contributed by atoms with Crippen molar-refractivity contribution in [2.24, 2.45) is 5.92 Å². The maximum Gasteiger partial charge on any atom is 0.318 e. The van der Waals surface area contributed by atoms with E-state index < -0.39 is 0 Å². The average molecular weight is 191 g/mol. The van der Waals surface area contributed by atoms with E-state index in [0.717, 1.165) is 0 Å². The van der Waals surface area contributed by atoms with Gasteiger partial charge in [-0.15, -0.1) is 11.6 Å². The SMILES string of the molecule is CC(C)/C=C/NC(=O)NCCCl. The standard InChI is InChI=1S/C8H15ClN2O/c1-7(2)3-5-10-8(12)11-6-4-9/h3,5,7H,4,6H2,1-2H3,(H2,10,11,12)/b5-3+. The predicted molar refractivity (Wildman–Crippen MR) is 51.2 cm³/mol. The highest BCUT2D eigenvalue weighted by atomic mass is 35.5. The maximum atomic E-state index is 10.9. The number of urea groups is 1. The summed E-state index contributed by atoms with van der Waals surface area (Å²) in [6, 6.07) is -0.215. The summed E-state index contributed by atoms with van der Waals surface area (Å²) in [6.45, 7) is 4.56. The molecular weight excluding hydrogens is 176 g/mol. The molecule has 0 aliphatic carbocycles. The molecule has 3 nitrogen and oxygen atoms in total. The molecular formula is C8H15ClN2O. The number of hydrogen-bond donors (Lipinski definition) is 2. The van der Waals surface area contributed by atoms with Gasteiger partial charge in [0.05, 0.1) is 0 Å². The van der Waals surface area contributed by atoms with Crippen LogP contribution in [0.25, 0.3) is 0 Å². The molecule has 0 unspecified atom stereocenters. The van der Waals surface area contributed by atoms with Gasteiger partial charge in [-0.1, -0.05) is 19.9 Å². The second-order valence-corrected chi connectivity index (χ2v) is 3.07. The van der Waals surface area contributed by atoms with Crippen LogP contribution in [0.3, 0.4) is 0 Å². The Balaban J connectivity index is 3.43. The molecule has 2 N–H and O–H groups in total. The zero-order chi connectivity index (χ0) is 9.40. The van der Waals surface area contributed by atoms with Gasteiger partial charge in [0.25, 0.3) is 0 Å². The van der Waals surface area contributed by atoms with Gasteiger partial charge in [-0.05, 0) is 5.92 Å². The van der Waals surface area contributed by atoms with Crippen LogP contribution in [0.15, 0.2) is 12.3 Å². The number of alkyl halides is 1. The summed E-state index contributed by atoms with van der Waals surface area (Å²) in [7, 11) is 0. The predicted octanol–water partition coefficient (Wildman–Crippen LogP) is 1.69. The summed E-state index contributed by atoms with van der Waals surface area (Å²) in [5.74, 6) is 0.875. The minimum atomic E-state index is -0.215. The molecule has 0 radical (unpaired) electrons. The summed E-state index contributed by atoms with van der Waals surface area (Å²) in [4.78, 5) is 10.9. The van der Waals surface area contributed by atoms with Gasteiger partial charge >= 0.3 is 6.03 Å². The first-order valence-corrected chi connectivity index (χ1v) is 4.47. The van der Waals surface area contributed by atoms with Crippen molar-refractivity contribution in [1.82, 2.24) is 10.6 Å². The summed E-state index contributed by atoms with van der Waals surface area (Å²) >= 11 is 5.37. The fraction of sp³-hybridized carbons (Fsp3) is 0.625. The van der Waals surface area contributed by atoms with Crippen LogP contribution in [-0.2, 0) is 0 Å². The van der Waals surface area contributed by atoms with Gasteiger partial charge < -0.3 is 10.6 Å². The van der Waals surface area contributed by atoms with Gasteiger partial charge in [-0.2, -0.15) is 0 Å². The third-order valence-corrected chi connectivity index (χ3v) is 1.26. The van der Waals surface area contributed by atoms with Crippen molar-refractivity contribution in [1.29, 1.82) is 0 Å². The third-order valence-electron chi connectivity index (χ3n) is 1.08. The van der Waals surface area contributed by atoms with Gasteiger partial charge in [0.2, 0.25) is 0 Å². The lowest BCUT2D eigenvalue weighted by Crippen LogP contribution is -2.33. The van der Waals surface area contributed by atoms with Crippen LogP contribution in [0.2, 0.25) is 0 Å². The fourth-order valence-corrected chi connectivity index (χ4v) is 0.623. The largest absolute Gasteiger partial charge is 0.337 e. The molecule has 0 aromatic heterocycles. The van der Waals surface area contributed by atoms with Crippen LogP contribution >= 0.6 is 11.6 Å². The molecule has 0 aliphatic heterocycles. The van der Waals surface area contributed by atoms with Crippen molar-refractivity contribution < 1.29 is 4.79 Å². The molecule has 0 spiro atoms. The van der Waals surface area contributed by atoms with Crippen molar-refractivity contribution >= 4 is 17.6 Å². The van der Waals surface area contributed by atoms with Crippen LogP contribution in [0.5, 0.6) is 0 Å². The number of rotatable bonds is 4. The van der Waals surface area contributed by atoms with Gasteiger partial charge in [-0.25, -0.2) is 4.79 Å². The number of halogens is 1. The van der Waals surface area contributed by atoms with E-state index in [4.69, 9.17) is 11.6 Å². The summed E-state index contributed by atoms with van der Waals surface area (Å²) in [5.41, 5.74) is 0. The molecule has 2 amide bonds. The first kappa shape index (κ1) is 11.3. The lowest BCUT2D eigenvalue weighted by atomic mass is 10.2. The Hall–Kier alpha value is -0.700. The molecule has 0 aliphatic rings. The number of carbonyl (C=O) groups is 1. The van der Waals surface area contributed by atoms with Crippen molar-refractivity contribution in [3.8, 4) is 0 Å². The summed E-state index contributed by atoms with van der Waals surface area (Å²) < 4.78 is 0. The van der Waals surface area contributed by atoms with Crippen molar-refractivity contribution in [2.75, 3.05) is 12.4 Å². The van der Waals surface area contributed by atoms with Crippen LogP contribution in [0, 0.1) is 5.92 Å². The molecule has 0 saturated heterocycles. The van der Waals surface area contributed by atoms with E-state index in [1.54, 1.807) is 6.20 Å². The highest BCUT2D eigenvalue weighted by Gasteiger charge is 1.93. The molecule has 0 aromatic carbocycles. The van der Waals surface area contributed by atoms with E-state index >= 15 is 0 Å². The quantitative estimate of drug-likeness (QED) is 0.651. The van der Waals surface area contributed by atoms with Gasteiger partial charge in [0, 0.05) is 18.6 Å². The van der Waals surface area contributed by atoms with Gasteiger partial charge in [0.15, 0.2) is 0 Å². The van der Waals surface area contributed by atoms with Crippen LogP contribution in [0.4, 0.5) is 4.79 Å². The second-order valence-electron chi connectivity index (χ2n) is 2.69. The van der Waals surface area contributed by atoms with Gasteiger partial charge in [-0.3, -0.25) is 0 Å². The highest BCUT2D eigenvalue weighted by Crippen LogP contribution is 1.90. The normalized spacial score (nSPS) is 10.7. The fourth-order valence-electron chi connectivity index (χ4n) is 0.528. The third kappa shape index (κ3) is 7.41. The topological polar surface area (TPSA) is 41.1 Å². The minimum Gasteiger partial charge on any atom is -0.337 e. The second kappa shape index (κ2) is 6.98. The molecule has 0 atom stereocenters. The zero-order valence-electron chi connectivity index (χ0n) is 7.43. The van der Waals surface area contributed by atoms with E-state index in [1.165, 1.54) is 0 Å². The molecule has 0 saturated carbocycles. The number of nitrogens with one attached hydrogen (secondary N) is 2. The minimum absolute atomic E-state index is 0.215. The maximum absolute atomic E-state index is 10.9. The molecule has 0 bridgehead atoms. The molecule has 12 heavy (non-hydrogen) atoms. The summed E-state index contributed by atoms with van der Waals surface area (Å²) in [6.07, 6.45) is 3.54. The first-order valence-electron chi connectivity index (χ1n) is 3.93. The van der Waals surface area contributed by atoms with Crippen LogP contribution in [0.1, 0.15) is 13.8 Å². The Bertz CT molecular complexity index is 157. The Morgan fingerprint density at radius 3 is 2.75 bits per heavy atom. The Morgan fingerprint density at radius 1 is 1.58 bits per heavy atom. The average Bonchev–Trinajstić information content (AvgIpc) is 2.00. The van der Waals surface area contributed by atoms with Crippen molar-refractivity contribution in [3.05, 3.63) is 12.3 Å². The number of carbonyl (C=O) groups excluding carboxylic acids is 1. The molecule has 4 heteroatoms. The Labute approximate surface area is 78.2 Å². The van der Waals surface area contributed by atoms with E-state index in [-0.39, 0.29) is 6.03 Å². The van der Waals surface area contributed by atoms with E-state index in [1.807, 2.05) is 19.9 Å². The smallest absolute Gasteiger partial charge is 0.318 e. The Kier molecular flexibility index (Phi) is 6.57. The molecule has 0 aromatic rings. The molecule has 70 valence electrons. The first-order chi connectivity index (χ1) is 5.66. The van der Waals surface area contributed by atoms with Crippen LogP contribution < -0.4 is 10.6 Å². The number of allylic oxidation sites excluding steroid dienone is 1. The number of hydrogen-bond acceptors (Lipinski definition) is 1. The van der Waals surface area contributed by atoms with Crippen molar-refractivity contribution in [3.63, 3.8) is 0 Å². The van der Waals surface area contributed by atoms with E-state index in [2.05, 4.69) is 10.6 Å². The van der Waals surface area contributed by atoms with E-state index in [0.29, 0.717) is 18.3 Å². The Morgan fingerprint density at radius 2 is 2.25 bits per heavy atom. The summed E-state index contributed by atoms with van der Waals surface area (Å²) in [5, 5.41) is 5.13. The zero-order valence-corrected chi connectivity index (χ0v) is 8.19. The lowest BCUT2D eigenvalue weighted by Gasteiger charge is -2.01. The van der Waals surface area contributed by atoms with Crippen molar-refractivity contribution in [2.45, 2.75) is 13.8 Å². The molecule has 0 rings (SSSR count). The molecule has 0 heterocycles. The van der Waals surface area contributed by atoms with E-state index in [9.17, 15) is 4.79 Å². The van der Waals surface area contributed by atoms with Gasteiger partial charge in [0.1, 0.15) is 0 Å². The highest BCUT2D eigenvalue weighted by molar-refractivity contribution is 6.18. The lowest BCUT2D eigenvalue weighted by molar-refractivity contribution is 0.244. The van der Waals surface area contributed by atoms with Crippen LogP contribution in [-0.4, -0.2) is 18.5 Å².